The summed E-state index contributed by atoms with van der Waals surface area (Å²) in [7, 11) is 0.158. The Balaban J connectivity index is 0.000000177. The first-order chi connectivity index (χ1) is 35.1. The lowest BCUT2D eigenvalue weighted by Crippen LogP contribution is -2.46. The average molecular weight is 1050 g/mol. The lowest BCUT2D eigenvalue weighted by Gasteiger charge is -2.34. The molecule has 4 heterocycles. The first kappa shape index (κ1) is 53.4. The molecule has 0 fully saturated rings. The number of carbonyl (C=O) groups is 2. The highest BCUT2D eigenvalue weighted by atomic mass is 79.9. The van der Waals surface area contributed by atoms with Crippen molar-refractivity contribution in [1.29, 1.82) is 0 Å². The fourth-order valence-electron chi connectivity index (χ4n) is 8.59. The van der Waals surface area contributed by atoms with Crippen molar-refractivity contribution in [3.63, 3.8) is 0 Å². The molecule has 2 aliphatic heterocycles. The summed E-state index contributed by atoms with van der Waals surface area (Å²) in [5, 5.41) is 37.0. The molecular weight excluding hydrogens is 995 g/mol. The van der Waals surface area contributed by atoms with Crippen molar-refractivity contribution in [1.82, 2.24) is 28.9 Å². The highest BCUT2D eigenvalue weighted by Gasteiger charge is 2.34. The molecule has 2 aliphatic rings. The quantitative estimate of drug-likeness (QED) is 0.0985. The maximum Gasteiger partial charge on any atom is 0.488 e. The molecule has 2 amide bonds. The minimum absolute atomic E-state index is 0.0136. The van der Waals surface area contributed by atoms with Crippen molar-refractivity contribution in [2.75, 3.05) is 20.2 Å². The Kier molecular flexibility index (Phi) is 17.8. The average Bonchev–Trinajstić information content (AvgIpc) is 3.39. The largest absolute Gasteiger partial charge is 0.501 e. The van der Waals surface area contributed by atoms with Gasteiger partial charge in [0.05, 0.1) is 13.7 Å². The van der Waals surface area contributed by atoms with Gasteiger partial charge in [-0.15, -0.1) is 0 Å². The molecule has 0 atom stereocenters. The van der Waals surface area contributed by atoms with E-state index in [1.807, 2.05) is 135 Å². The topological polar surface area (TPSA) is 210 Å². The third kappa shape index (κ3) is 12.6. The van der Waals surface area contributed by atoms with Crippen LogP contribution in [0.25, 0.3) is 11.1 Å². The van der Waals surface area contributed by atoms with Crippen molar-refractivity contribution in [3.8, 4) is 28.4 Å². The van der Waals surface area contributed by atoms with Gasteiger partial charge in [0.1, 0.15) is 24.0 Å². The molecule has 0 spiro atoms. The van der Waals surface area contributed by atoms with Gasteiger partial charge in [0.25, 0.3) is 11.8 Å². The highest BCUT2D eigenvalue weighted by molar-refractivity contribution is 9.10. The Labute approximate surface area is 432 Å². The summed E-state index contributed by atoms with van der Waals surface area (Å²) >= 11 is 3.56. The summed E-state index contributed by atoms with van der Waals surface area (Å²) < 4.78 is 15.2. The fraction of sp³-hybridized carbons (Fsp3) is 0.273. The molecule has 378 valence electrons. The molecular formula is C55H58BBrN6O10. The summed E-state index contributed by atoms with van der Waals surface area (Å²) in [6.45, 7) is 10.0. The van der Waals surface area contributed by atoms with Crippen LogP contribution < -0.4 is 26.1 Å². The van der Waals surface area contributed by atoms with E-state index < -0.39 is 24.0 Å². The molecule has 0 unspecified atom stereocenters. The van der Waals surface area contributed by atoms with Gasteiger partial charge in [0, 0.05) is 55.6 Å². The molecule has 18 heteroatoms. The van der Waals surface area contributed by atoms with E-state index in [1.54, 1.807) is 45.7 Å². The van der Waals surface area contributed by atoms with Crippen molar-refractivity contribution in [2.45, 2.75) is 78.9 Å². The summed E-state index contributed by atoms with van der Waals surface area (Å²) in [6.07, 6.45) is 0.785. The number of benzene rings is 5. The number of fused-ring (bicyclic) bond motifs is 2. The molecule has 0 radical (unpaired) electrons. The van der Waals surface area contributed by atoms with Crippen molar-refractivity contribution >= 4 is 40.3 Å². The molecule has 0 saturated heterocycles. The van der Waals surface area contributed by atoms with Crippen LogP contribution in [0.1, 0.15) is 82.6 Å². The highest BCUT2D eigenvalue weighted by Crippen LogP contribution is 2.29. The molecule has 4 N–H and O–H groups in total. The smallest absolute Gasteiger partial charge is 0.488 e. The zero-order valence-corrected chi connectivity index (χ0v) is 42.9. The van der Waals surface area contributed by atoms with Crippen LogP contribution in [0, 0.1) is 0 Å². The lowest BCUT2D eigenvalue weighted by atomic mass is 9.80. The number of ether oxygens (including phenoxy) is 2. The van der Waals surface area contributed by atoms with Crippen LogP contribution in [0.15, 0.2) is 141 Å². The molecule has 2 aromatic heterocycles. The Morgan fingerprint density at radius 1 is 0.630 bits per heavy atom. The molecule has 7 aromatic rings. The van der Waals surface area contributed by atoms with Crippen LogP contribution >= 0.6 is 15.9 Å². The van der Waals surface area contributed by atoms with Crippen LogP contribution in [0.2, 0.25) is 0 Å². The monoisotopic (exact) mass is 1050 g/mol. The number of aliphatic hydroxyl groups is 1. The van der Waals surface area contributed by atoms with Gasteiger partial charge in [-0.05, 0) is 84.7 Å². The number of methoxy groups -OCH3 is 1. The summed E-state index contributed by atoms with van der Waals surface area (Å²) in [5.74, 6) is 0.603. The van der Waals surface area contributed by atoms with E-state index in [0.717, 1.165) is 37.9 Å². The number of amides is 2. The predicted octanol–water partition coefficient (Wildman–Crippen LogP) is 5.98. The van der Waals surface area contributed by atoms with Gasteiger partial charge in [-0.25, -0.2) is 0 Å². The third-order valence-electron chi connectivity index (χ3n) is 12.5. The number of aliphatic hydroxyl groups excluding tert-OH is 1. The minimum Gasteiger partial charge on any atom is -0.501 e. The number of carbonyl (C=O) groups excluding carboxylic acids is 2. The zero-order chi connectivity index (χ0) is 52.3. The number of halogens is 1. The first-order valence-corrected chi connectivity index (χ1v) is 24.7. The van der Waals surface area contributed by atoms with Gasteiger partial charge >= 0.3 is 18.2 Å². The van der Waals surface area contributed by atoms with E-state index in [1.165, 1.54) is 0 Å². The second-order valence-corrected chi connectivity index (χ2v) is 18.8. The van der Waals surface area contributed by atoms with E-state index in [0.29, 0.717) is 61.9 Å². The van der Waals surface area contributed by atoms with Gasteiger partial charge in [-0.1, -0.05) is 125 Å². The minimum atomic E-state index is -1.40. The second kappa shape index (κ2) is 24.4. The van der Waals surface area contributed by atoms with Gasteiger partial charge in [-0.3, -0.25) is 19.2 Å². The molecule has 9 rings (SSSR count). The molecule has 73 heavy (non-hydrogen) atoms. The summed E-state index contributed by atoms with van der Waals surface area (Å²) in [6, 6.07) is 39.4. The number of nitrogens with zero attached hydrogens (tertiary/aromatic N) is 6. The molecule has 0 bridgehead atoms. The van der Waals surface area contributed by atoms with E-state index in [-0.39, 0.29) is 54.2 Å². The van der Waals surface area contributed by atoms with Crippen molar-refractivity contribution in [2.24, 2.45) is 0 Å². The van der Waals surface area contributed by atoms with Crippen molar-refractivity contribution in [3.05, 3.63) is 198 Å². The van der Waals surface area contributed by atoms with E-state index in [9.17, 15) is 29.4 Å². The van der Waals surface area contributed by atoms with Crippen molar-refractivity contribution < 1.29 is 39.3 Å². The van der Waals surface area contributed by atoms with Crippen LogP contribution in [0.4, 0.5) is 0 Å². The molecule has 5 aromatic carbocycles. The predicted molar refractivity (Wildman–Crippen MR) is 282 cm³/mol. The van der Waals surface area contributed by atoms with Crippen LogP contribution in [0.3, 0.4) is 0 Å². The number of rotatable bonds is 13. The van der Waals surface area contributed by atoms with Gasteiger partial charge in [0.2, 0.25) is 11.5 Å². The van der Waals surface area contributed by atoms with E-state index in [4.69, 9.17) is 19.5 Å². The summed E-state index contributed by atoms with van der Waals surface area (Å²) in [4.78, 5) is 63.5. The van der Waals surface area contributed by atoms with Crippen LogP contribution in [-0.2, 0) is 39.1 Å². The maximum atomic E-state index is 13.4. The summed E-state index contributed by atoms with van der Waals surface area (Å²) in [5.41, 5.74) is 5.13. The zero-order valence-electron chi connectivity index (χ0n) is 41.3. The van der Waals surface area contributed by atoms with Gasteiger partial charge in [-0.2, -0.15) is 9.97 Å². The Morgan fingerprint density at radius 2 is 1.16 bits per heavy atom. The molecule has 0 aliphatic carbocycles. The Morgan fingerprint density at radius 3 is 1.74 bits per heavy atom. The standard InChI is InChI=1S/C24H24BrN3O3.C24H25N3O4.C7H9BO3/c1-16(2)27-12-13-28-20(14-18-10-6-7-11-19(18)25)26-23(29)22(21(28)24(27)30)31-15-17-8-4-3-5-9-17;1-15(2)26-11-12-27-20(25-23(30)22(29)21(27)24(26)31)13-18-5-3-4-6-19(18)17-9-7-16(14-28)8-10-17;1-11-7-4-2-6(3-5-7)8(9)10/h3-11,16H,12-15H2,1-2H3;3-10,15,28-29H,11-14H2,1-2H3;2-5,9-10H,1H3. The molecule has 16 nitrogen and oxygen atoms in total. The van der Waals surface area contributed by atoms with Crippen LogP contribution in [0.5, 0.6) is 17.2 Å². The fourth-order valence-corrected chi connectivity index (χ4v) is 9.02. The Hall–Kier alpha value is -7.38. The number of aromatic hydroxyl groups is 1. The maximum absolute atomic E-state index is 13.4. The normalized spacial score (nSPS) is 12.9. The number of aromatic nitrogens is 4. The van der Waals surface area contributed by atoms with Gasteiger partial charge in [0.15, 0.2) is 11.4 Å². The van der Waals surface area contributed by atoms with Crippen LogP contribution in [-0.4, -0.2) is 100 Å². The van der Waals surface area contributed by atoms with Gasteiger partial charge < -0.3 is 48.7 Å². The number of hydrogen-bond acceptors (Lipinski definition) is 12. The van der Waals surface area contributed by atoms with E-state index in [2.05, 4.69) is 25.9 Å². The van der Waals surface area contributed by atoms with E-state index >= 15 is 0 Å². The third-order valence-corrected chi connectivity index (χ3v) is 13.3. The first-order valence-electron chi connectivity index (χ1n) is 23.9. The Bertz CT molecular complexity index is 3170. The SMILES string of the molecule is CC(C)N1CCn2c(Cc3ccccc3-c3ccc(CO)cc3)nc(=O)c(O)c2C1=O.CC(C)N1CCn2c(Cc3ccccc3Br)nc(=O)c(OCc3ccccc3)c2C1=O.COc1ccc(B(O)O)cc1. The second-order valence-electron chi connectivity index (χ2n) is 17.9. The lowest BCUT2D eigenvalue weighted by molar-refractivity contribution is 0.0627. The number of hydrogen-bond donors (Lipinski definition) is 4. The molecule has 0 saturated carbocycles.